The van der Waals surface area contributed by atoms with Crippen LogP contribution in [0.1, 0.15) is 35.6 Å². The molecule has 1 heterocycles. The van der Waals surface area contributed by atoms with Gasteiger partial charge in [-0.1, -0.05) is 60.7 Å². The van der Waals surface area contributed by atoms with E-state index in [1.54, 1.807) is 17.0 Å². The molecule has 1 N–H and O–H groups in total. The molecule has 150 valence electrons. The first-order valence-corrected chi connectivity index (χ1v) is 9.50. The quantitative estimate of drug-likeness (QED) is 0.630. The molecular weight excluding hydrogens is 379 g/mol. The maximum absolute atomic E-state index is 13.8. The van der Waals surface area contributed by atoms with Crippen molar-refractivity contribution in [2.75, 3.05) is 6.54 Å². The molecule has 2 atom stereocenters. The molecule has 4 rings (SSSR count). The lowest BCUT2D eigenvalue weighted by Crippen LogP contribution is -2.40. The van der Waals surface area contributed by atoms with Crippen LogP contribution in [0.15, 0.2) is 66.7 Å². The van der Waals surface area contributed by atoms with Crippen LogP contribution < -0.4 is 0 Å². The van der Waals surface area contributed by atoms with E-state index in [0.717, 1.165) is 16.8 Å². The molecule has 29 heavy (non-hydrogen) atoms. The van der Waals surface area contributed by atoms with Gasteiger partial charge in [-0.25, -0.2) is 0 Å². The number of halogens is 3. The predicted octanol–water partition coefficient (Wildman–Crippen LogP) is 5.50. The summed E-state index contributed by atoms with van der Waals surface area (Å²) in [6.07, 6.45) is -3.48. The molecule has 0 spiro atoms. The number of carbonyl (C=O) groups is 1. The van der Waals surface area contributed by atoms with Crippen LogP contribution in [0.5, 0.6) is 0 Å². The maximum atomic E-state index is 13.8. The number of fused-ring (bicyclic) bond motifs is 1. The number of benzene rings is 3. The van der Waals surface area contributed by atoms with Gasteiger partial charge in [0.15, 0.2) is 0 Å². The van der Waals surface area contributed by atoms with Gasteiger partial charge in [0.1, 0.15) is 6.04 Å². The van der Waals surface area contributed by atoms with Gasteiger partial charge in [-0.2, -0.15) is 13.2 Å². The second-order valence-corrected chi connectivity index (χ2v) is 7.29. The van der Waals surface area contributed by atoms with Gasteiger partial charge in [0.25, 0.3) is 0 Å². The highest BCUT2D eigenvalue weighted by molar-refractivity contribution is 5.86. The highest BCUT2D eigenvalue weighted by atomic mass is 19.4. The number of nitrogens with zero attached hydrogens (tertiary/aromatic N) is 1. The summed E-state index contributed by atoms with van der Waals surface area (Å²) in [6.45, 7) is 0.428. The molecule has 1 aliphatic heterocycles. The zero-order valence-corrected chi connectivity index (χ0v) is 15.6. The van der Waals surface area contributed by atoms with E-state index in [9.17, 15) is 23.1 Å². The molecular formula is C23H20F3NO2. The molecule has 3 nitrogen and oxygen atoms in total. The van der Waals surface area contributed by atoms with Crippen LogP contribution in [0, 0.1) is 0 Å². The van der Waals surface area contributed by atoms with Gasteiger partial charge in [-0.15, -0.1) is 0 Å². The molecule has 0 aliphatic carbocycles. The van der Waals surface area contributed by atoms with Crippen molar-refractivity contribution in [3.05, 3.63) is 83.4 Å². The Morgan fingerprint density at radius 3 is 2.38 bits per heavy atom. The summed E-state index contributed by atoms with van der Waals surface area (Å²) >= 11 is 0. The predicted molar refractivity (Wildman–Crippen MR) is 105 cm³/mol. The molecule has 0 bridgehead atoms. The Kier molecular flexibility index (Phi) is 5.04. The lowest BCUT2D eigenvalue weighted by atomic mass is 9.89. The number of carboxylic acids is 1. The molecule has 2 unspecified atom stereocenters. The third-order valence-corrected chi connectivity index (χ3v) is 5.59. The van der Waals surface area contributed by atoms with E-state index in [0.29, 0.717) is 24.9 Å². The van der Waals surface area contributed by atoms with Gasteiger partial charge >= 0.3 is 12.1 Å². The first-order chi connectivity index (χ1) is 13.9. The van der Waals surface area contributed by atoms with Crippen molar-refractivity contribution in [2.45, 2.75) is 31.1 Å². The first kappa shape index (κ1) is 19.5. The topological polar surface area (TPSA) is 40.5 Å². The van der Waals surface area contributed by atoms with E-state index in [1.807, 2.05) is 36.4 Å². The Morgan fingerprint density at radius 1 is 0.966 bits per heavy atom. The van der Waals surface area contributed by atoms with Gasteiger partial charge in [0.2, 0.25) is 0 Å². The van der Waals surface area contributed by atoms with Crippen molar-refractivity contribution in [3.63, 3.8) is 0 Å². The molecule has 0 saturated carbocycles. The number of rotatable bonds is 4. The minimum Gasteiger partial charge on any atom is -0.480 e. The monoisotopic (exact) mass is 399 g/mol. The fourth-order valence-electron chi connectivity index (χ4n) is 4.37. The minimum absolute atomic E-state index is 0.0875. The van der Waals surface area contributed by atoms with E-state index in [2.05, 4.69) is 0 Å². The number of hydrogen-bond acceptors (Lipinski definition) is 2. The lowest BCUT2D eigenvalue weighted by molar-refractivity contribution is -0.142. The zero-order chi connectivity index (χ0) is 20.6. The van der Waals surface area contributed by atoms with Crippen LogP contribution in [-0.2, 0) is 11.0 Å². The highest BCUT2D eigenvalue weighted by Crippen LogP contribution is 2.43. The van der Waals surface area contributed by atoms with E-state index in [4.69, 9.17) is 0 Å². The Balaban J connectivity index is 1.98. The van der Waals surface area contributed by atoms with Crippen LogP contribution in [-0.4, -0.2) is 28.6 Å². The molecule has 1 aliphatic rings. The number of hydrogen-bond donors (Lipinski definition) is 1. The second kappa shape index (κ2) is 7.52. The summed E-state index contributed by atoms with van der Waals surface area (Å²) < 4.78 is 41.5. The van der Waals surface area contributed by atoms with Crippen LogP contribution in [0.2, 0.25) is 0 Å². The largest absolute Gasteiger partial charge is 0.480 e. The summed E-state index contributed by atoms with van der Waals surface area (Å²) in [4.78, 5) is 13.6. The van der Waals surface area contributed by atoms with Crippen LogP contribution in [0.3, 0.4) is 0 Å². The molecule has 3 aromatic carbocycles. The zero-order valence-electron chi connectivity index (χ0n) is 15.6. The van der Waals surface area contributed by atoms with Gasteiger partial charge in [-0.05, 0) is 40.8 Å². The van der Waals surface area contributed by atoms with E-state index >= 15 is 0 Å². The highest BCUT2D eigenvalue weighted by Gasteiger charge is 2.41. The average Bonchev–Trinajstić information content (AvgIpc) is 3.18. The van der Waals surface area contributed by atoms with Crippen molar-refractivity contribution in [3.8, 4) is 0 Å². The Morgan fingerprint density at radius 2 is 1.62 bits per heavy atom. The molecule has 0 amide bonds. The van der Waals surface area contributed by atoms with Gasteiger partial charge in [-0.3, -0.25) is 9.69 Å². The van der Waals surface area contributed by atoms with Gasteiger partial charge in [0, 0.05) is 6.54 Å². The van der Waals surface area contributed by atoms with Gasteiger partial charge < -0.3 is 5.11 Å². The number of alkyl halides is 3. The minimum atomic E-state index is -4.53. The molecule has 6 heteroatoms. The molecule has 0 radical (unpaired) electrons. The third-order valence-electron chi connectivity index (χ3n) is 5.59. The summed E-state index contributed by atoms with van der Waals surface area (Å²) in [5.74, 6) is -1.00. The Bertz CT molecular complexity index is 1040. The number of aliphatic carboxylic acids is 1. The van der Waals surface area contributed by atoms with E-state index < -0.39 is 29.8 Å². The summed E-state index contributed by atoms with van der Waals surface area (Å²) in [5.41, 5.74) is 0.0476. The third kappa shape index (κ3) is 3.60. The molecule has 1 saturated heterocycles. The lowest BCUT2D eigenvalue weighted by Gasteiger charge is -2.34. The van der Waals surface area contributed by atoms with Crippen molar-refractivity contribution in [1.29, 1.82) is 0 Å². The number of likely N-dealkylation sites (tertiary alicyclic amines) is 1. The summed E-state index contributed by atoms with van der Waals surface area (Å²) in [7, 11) is 0. The normalized spacial score (nSPS) is 18.8. The van der Waals surface area contributed by atoms with Crippen molar-refractivity contribution in [2.24, 2.45) is 0 Å². The van der Waals surface area contributed by atoms with E-state index in [1.165, 1.54) is 12.1 Å². The van der Waals surface area contributed by atoms with E-state index in [-0.39, 0.29) is 5.56 Å². The average molecular weight is 399 g/mol. The molecule has 1 fully saturated rings. The van der Waals surface area contributed by atoms with Crippen LogP contribution in [0.4, 0.5) is 13.2 Å². The second-order valence-electron chi connectivity index (χ2n) is 7.29. The van der Waals surface area contributed by atoms with Crippen molar-refractivity contribution < 1.29 is 23.1 Å². The van der Waals surface area contributed by atoms with Crippen LogP contribution >= 0.6 is 0 Å². The summed E-state index contributed by atoms with van der Waals surface area (Å²) in [6, 6.07) is 16.9. The smallest absolute Gasteiger partial charge is 0.416 e. The molecule has 0 aromatic heterocycles. The SMILES string of the molecule is O=C(O)C1CCCN1C(c1ccccc1C(F)(F)F)c1cccc2ccccc12. The Labute approximate surface area is 166 Å². The molecule has 3 aromatic rings. The van der Waals surface area contributed by atoms with Crippen LogP contribution in [0.25, 0.3) is 10.8 Å². The first-order valence-electron chi connectivity index (χ1n) is 9.50. The summed E-state index contributed by atoms with van der Waals surface area (Å²) in [5, 5.41) is 11.4. The Hall–Kier alpha value is -2.86. The number of carboxylic acid groups (broad SMARTS) is 1. The fourth-order valence-corrected chi connectivity index (χ4v) is 4.37. The van der Waals surface area contributed by atoms with Crippen molar-refractivity contribution in [1.82, 2.24) is 4.90 Å². The fraction of sp³-hybridized carbons (Fsp3) is 0.261. The standard InChI is InChI=1S/C23H20F3NO2/c24-23(25,26)19-12-4-3-10-18(19)21(27-14-6-13-20(27)22(28)29)17-11-5-8-15-7-1-2-9-16(15)17/h1-5,7-12,20-21H,6,13-14H2,(H,28,29). The van der Waals surface area contributed by atoms with Gasteiger partial charge in [0.05, 0.1) is 11.6 Å². The van der Waals surface area contributed by atoms with Crippen molar-refractivity contribution >= 4 is 16.7 Å². The maximum Gasteiger partial charge on any atom is 0.416 e.